The van der Waals surface area contributed by atoms with Crippen molar-refractivity contribution in [2.24, 2.45) is 5.92 Å². The average molecular weight is 219 g/mol. The standard InChI is InChI=1S/C13H17NO2/c15-13(11-6-2-1-3-7-11)16-10-12-8-4-5-9-14-12/h4-5,8-9,11H,1-3,6-7,10H2. The summed E-state index contributed by atoms with van der Waals surface area (Å²) in [4.78, 5) is 15.8. The summed E-state index contributed by atoms with van der Waals surface area (Å²) in [5, 5.41) is 0. The normalized spacial score (nSPS) is 17.0. The Morgan fingerprint density at radius 3 is 2.81 bits per heavy atom. The number of carbonyl (C=O) groups excluding carboxylic acids is 1. The molecule has 2 rings (SSSR count). The Labute approximate surface area is 95.8 Å². The van der Waals surface area contributed by atoms with E-state index in [1.54, 1.807) is 6.20 Å². The molecule has 1 fully saturated rings. The summed E-state index contributed by atoms with van der Waals surface area (Å²) >= 11 is 0. The second-order valence-electron chi connectivity index (χ2n) is 4.26. The molecule has 1 aliphatic carbocycles. The van der Waals surface area contributed by atoms with Crippen LogP contribution in [0.4, 0.5) is 0 Å². The van der Waals surface area contributed by atoms with Crippen LogP contribution in [0.15, 0.2) is 24.4 Å². The zero-order valence-corrected chi connectivity index (χ0v) is 9.39. The summed E-state index contributed by atoms with van der Waals surface area (Å²) in [7, 11) is 0. The van der Waals surface area contributed by atoms with Crippen LogP contribution in [0.1, 0.15) is 37.8 Å². The van der Waals surface area contributed by atoms with Crippen LogP contribution in [0.5, 0.6) is 0 Å². The Morgan fingerprint density at radius 2 is 2.12 bits per heavy atom. The lowest BCUT2D eigenvalue weighted by molar-refractivity contribution is -0.151. The third-order valence-corrected chi connectivity index (χ3v) is 3.03. The van der Waals surface area contributed by atoms with Gasteiger partial charge in [0.1, 0.15) is 6.61 Å². The maximum Gasteiger partial charge on any atom is 0.309 e. The molecule has 0 aliphatic heterocycles. The molecule has 0 N–H and O–H groups in total. The van der Waals surface area contributed by atoms with E-state index in [1.165, 1.54) is 6.42 Å². The van der Waals surface area contributed by atoms with E-state index in [9.17, 15) is 4.79 Å². The molecule has 1 aliphatic rings. The third-order valence-electron chi connectivity index (χ3n) is 3.03. The quantitative estimate of drug-likeness (QED) is 0.734. The van der Waals surface area contributed by atoms with E-state index < -0.39 is 0 Å². The van der Waals surface area contributed by atoms with Gasteiger partial charge in [0.25, 0.3) is 0 Å². The largest absolute Gasteiger partial charge is 0.459 e. The van der Waals surface area contributed by atoms with Gasteiger partial charge < -0.3 is 4.74 Å². The smallest absolute Gasteiger partial charge is 0.309 e. The van der Waals surface area contributed by atoms with E-state index in [0.29, 0.717) is 6.61 Å². The van der Waals surface area contributed by atoms with Crippen molar-refractivity contribution in [3.8, 4) is 0 Å². The molecule has 3 nitrogen and oxygen atoms in total. The van der Waals surface area contributed by atoms with Crippen molar-refractivity contribution in [1.29, 1.82) is 0 Å². The lowest BCUT2D eigenvalue weighted by atomic mass is 9.89. The maximum atomic E-state index is 11.7. The number of rotatable bonds is 3. The number of pyridine rings is 1. The van der Waals surface area contributed by atoms with Crippen LogP contribution in [0.25, 0.3) is 0 Å². The lowest BCUT2D eigenvalue weighted by Gasteiger charge is -2.19. The van der Waals surface area contributed by atoms with Crippen LogP contribution >= 0.6 is 0 Å². The molecule has 0 bridgehead atoms. The maximum absolute atomic E-state index is 11.7. The highest BCUT2D eigenvalue weighted by atomic mass is 16.5. The minimum absolute atomic E-state index is 0.0506. The molecule has 0 saturated heterocycles. The number of carbonyl (C=O) groups is 1. The molecule has 0 aromatic carbocycles. The lowest BCUT2D eigenvalue weighted by Crippen LogP contribution is -2.20. The number of ether oxygens (including phenoxy) is 1. The Hall–Kier alpha value is -1.38. The molecule has 0 atom stereocenters. The van der Waals surface area contributed by atoms with E-state index >= 15 is 0 Å². The fourth-order valence-corrected chi connectivity index (χ4v) is 2.08. The number of hydrogen-bond acceptors (Lipinski definition) is 3. The van der Waals surface area contributed by atoms with Crippen molar-refractivity contribution in [2.45, 2.75) is 38.7 Å². The van der Waals surface area contributed by atoms with E-state index in [4.69, 9.17) is 4.74 Å². The van der Waals surface area contributed by atoms with E-state index in [2.05, 4.69) is 4.98 Å². The van der Waals surface area contributed by atoms with Crippen molar-refractivity contribution in [1.82, 2.24) is 4.98 Å². The van der Waals surface area contributed by atoms with Gasteiger partial charge in [-0.2, -0.15) is 0 Å². The van der Waals surface area contributed by atoms with Crippen molar-refractivity contribution in [3.63, 3.8) is 0 Å². The summed E-state index contributed by atoms with van der Waals surface area (Å²) in [6, 6.07) is 5.62. The Bertz CT molecular complexity index is 331. The molecule has 1 saturated carbocycles. The van der Waals surface area contributed by atoms with Crippen molar-refractivity contribution < 1.29 is 9.53 Å². The monoisotopic (exact) mass is 219 g/mol. The van der Waals surface area contributed by atoms with Crippen molar-refractivity contribution in [2.75, 3.05) is 0 Å². The highest BCUT2D eigenvalue weighted by Crippen LogP contribution is 2.24. The summed E-state index contributed by atoms with van der Waals surface area (Å²) in [5.41, 5.74) is 0.812. The molecule has 1 aromatic heterocycles. The molecule has 1 heterocycles. The topological polar surface area (TPSA) is 39.2 Å². The predicted molar refractivity (Wildman–Crippen MR) is 60.6 cm³/mol. The van der Waals surface area contributed by atoms with Gasteiger partial charge in [-0.15, -0.1) is 0 Å². The van der Waals surface area contributed by atoms with Crippen molar-refractivity contribution in [3.05, 3.63) is 30.1 Å². The van der Waals surface area contributed by atoms with Crippen molar-refractivity contribution >= 4 is 5.97 Å². The molecule has 16 heavy (non-hydrogen) atoms. The first-order valence-corrected chi connectivity index (χ1v) is 5.93. The van der Waals surface area contributed by atoms with E-state index in [1.807, 2.05) is 18.2 Å². The average Bonchev–Trinajstić information content (AvgIpc) is 2.38. The molecule has 0 radical (unpaired) electrons. The highest BCUT2D eigenvalue weighted by Gasteiger charge is 2.22. The summed E-state index contributed by atoms with van der Waals surface area (Å²) in [5.74, 6) is 0.0721. The van der Waals surface area contributed by atoms with Crippen LogP contribution in [0.3, 0.4) is 0 Å². The van der Waals surface area contributed by atoms with Gasteiger partial charge in [0.2, 0.25) is 0 Å². The van der Waals surface area contributed by atoms with E-state index in [0.717, 1.165) is 31.4 Å². The highest BCUT2D eigenvalue weighted by molar-refractivity contribution is 5.72. The van der Waals surface area contributed by atoms with Gasteiger partial charge >= 0.3 is 5.97 Å². The van der Waals surface area contributed by atoms with Gasteiger partial charge in [0.15, 0.2) is 0 Å². The molecular weight excluding hydrogens is 202 g/mol. The van der Waals surface area contributed by atoms with Gasteiger partial charge in [-0.3, -0.25) is 9.78 Å². The van der Waals surface area contributed by atoms with Crippen LogP contribution in [-0.2, 0) is 16.1 Å². The zero-order valence-electron chi connectivity index (χ0n) is 9.39. The van der Waals surface area contributed by atoms with Gasteiger partial charge in [-0.25, -0.2) is 0 Å². The Kier molecular flexibility index (Phi) is 3.91. The fourth-order valence-electron chi connectivity index (χ4n) is 2.08. The first-order valence-electron chi connectivity index (χ1n) is 5.93. The molecular formula is C13H17NO2. The van der Waals surface area contributed by atoms with Gasteiger partial charge in [-0.05, 0) is 25.0 Å². The second kappa shape index (κ2) is 5.64. The molecule has 0 spiro atoms. The minimum Gasteiger partial charge on any atom is -0.459 e. The number of nitrogens with zero attached hydrogens (tertiary/aromatic N) is 1. The summed E-state index contributed by atoms with van der Waals surface area (Å²) in [6.07, 6.45) is 7.25. The molecule has 3 heteroatoms. The second-order valence-corrected chi connectivity index (χ2v) is 4.26. The molecule has 86 valence electrons. The zero-order chi connectivity index (χ0) is 11.2. The summed E-state index contributed by atoms with van der Waals surface area (Å²) in [6.45, 7) is 0.302. The van der Waals surface area contributed by atoms with Crippen LogP contribution < -0.4 is 0 Å². The predicted octanol–water partition coefficient (Wildman–Crippen LogP) is 2.71. The third kappa shape index (κ3) is 3.05. The Balaban J connectivity index is 1.79. The Morgan fingerprint density at radius 1 is 1.31 bits per heavy atom. The molecule has 0 unspecified atom stereocenters. The van der Waals surface area contributed by atoms with Crippen LogP contribution in [0.2, 0.25) is 0 Å². The molecule has 1 aromatic rings. The minimum atomic E-state index is -0.0506. The van der Waals surface area contributed by atoms with Gasteiger partial charge in [0, 0.05) is 6.20 Å². The fraction of sp³-hybridized carbons (Fsp3) is 0.538. The number of aromatic nitrogens is 1. The SMILES string of the molecule is O=C(OCc1ccccn1)C1CCCCC1. The number of esters is 1. The summed E-state index contributed by atoms with van der Waals surface area (Å²) < 4.78 is 5.27. The van der Waals surface area contributed by atoms with E-state index in [-0.39, 0.29) is 11.9 Å². The number of hydrogen-bond donors (Lipinski definition) is 0. The first kappa shape index (κ1) is 11.1. The van der Waals surface area contributed by atoms with Gasteiger partial charge in [-0.1, -0.05) is 25.3 Å². The van der Waals surface area contributed by atoms with Gasteiger partial charge in [0.05, 0.1) is 11.6 Å². The molecule has 0 amide bonds. The first-order chi connectivity index (χ1) is 7.86. The van der Waals surface area contributed by atoms with Crippen LogP contribution in [-0.4, -0.2) is 11.0 Å². The van der Waals surface area contributed by atoms with Crippen LogP contribution in [0, 0.1) is 5.92 Å².